The first kappa shape index (κ1) is 17.1. The van der Waals surface area contributed by atoms with Crippen molar-refractivity contribution in [2.45, 2.75) is 25.4 Å². The number of halogens is 1. The maximum absolute atomic E-state index is 12.9. The molecule has 0 radical (unpaired) electrons. The highest BCUT2D eigenvalue weighted by Crippen LogP contribution is 2.36. The van der Waals surface area contributed by atoms with E-state index in [1.54, 1.807) is 12.1 Å². The van der Waals surface area contributed by atoms with Crippen molar-refractivity contribution < 1.29 is 9.18 Å². The van der Waals surface area contributed by atoms with Crippen molar-refractivity contribution in [1.82, 2.24) is 25.5 Å². The third-order valence-electron chi connectivity index (χ3n) is 4.36. The van der Waals surface area contributed by atoms with Crippen molar-refractivity contribution in [3.8, 4) is 11.4 Å². The second-order valence-corrected chi connectivity index (χ2v) is 6.52. The summed E-state index contributed by atoms with van der Waals surface area (Å²) in [6.07, 6.45) is 2.20. The largest absolute Gasteiger partial charge is 0.376 e. The molecule has 1 heterocycles. The normalized spacial score (nSPS) is 13.4. The molecule has 4 rings (SSSR count). The Morgan fingerprint density at radius 2 is 2.00 bits per heavy atom. The fraction of sp³-hybridized carbons (Fsp3) is 0.263. The topological polar surface area (TPSA) is 84.7 Å². The Bertz CT molecular complexity index is 935. The molecule has 3 aromatic rings. The van der Waals surface area contributed by atoms with Gasteiger partial charge in [0.25, 0.3) is 0 Å². The van der Waals surface area contributed by atoms with Crippen molar-refractivity contribution >= 4 is 11.6 Å². The van der Waals surface area contributed by atoms with E-state index in [1.165, 1.54) is 12.1 Å². The summed E-state index contributed by atoms with van der Waals surface area (Å²) < 4.78 is 14.7. The molecule has 1 aliphatic rings. The molecular formula is C19H19FN6O. The van der Waals surface area contributed by atoms with Crippen molar-refractivity contribution in [1.29, 1.82) is 0 Å². The van der Waals surface area contributed by atoms with E-state index in [0.717, 1.165) is 35.5 Å². The second-order valence-electron chi connectivity index (χ2n) is 6.52. The van der Waals surface area contributed by atoms with Crippen LogP contribution in [-0.2, 0) is 11.3 Å². The molecule has 2 N–H and O–H groups in total. The van der Waals surface area contributed by atoms with Gasteiger partial charge in [-0.1, -0.05) is 24.3 Å². The molecule has 1 fully saturated rings. The highest BCUT2D eigenvalue weighted by molar-refractivity contribution is 5.81. The number of amides is 1. The fourth-order valence-corrected chi connectivity index (χ4v) is 2.76. The highest BCUT2D eigenvalue weighted by Gasteiger charge is 2.28. The number of carbonyl (C=O) groups is 1. The van der Waals surface area contributed by atoms with E-state index < -0.39 is 0 Å². The first-order valence-electron chi connectivity index (χ1n) is 8.82. The van der Waals surface area contributed by atoms with Crippen LogP contribution in [0.3, 0.4) is 0 Å². The van der Waals surface area contributed by atoms with Crippen molar-refractivity contribution in [2.24, 2.45) is 0 Å². The fourth-order valence-electron chi connectivity index (χ4n) is 2.76. The molecule has 138 valence electrons. The summed E-state index contributed by atoms with van der Waals surface area (Å²) in [6, 6.07) is 14.1. The summed E-state index contributed by atoms with van der Waals surface area (Å²) in [7, 11) is 0. The van der Waals surface area contributed by atoms with Crippen molar-refractivity contribution in [3.63, 3.8) is 0 Å². The Morgan fingerprint density at radius 3 is 2.78 bits per heavy atom. The van der Waals surface area contributed by atoms with Crippen LogP contribution in [0.4, 0.5) is 10.1 Å². The van der Waals surface area contributed by atoms with Crippen LogP contribution in [-0.4, -0.2) is 32.7 Å². The zero-order valence-corrected chi connectivity index (χ0v) is 14.6. The standard InChI is InChI=1S/C19H19FN6O/c20-15-6-4-13(5-7-15)11-22-18(27)12-21-16-3-1-2-14(10-16)19-23-24-25-26(19)17-8-9-17/h1-7,10,17,21H,8-9,11-12H2,(H,22,27). The summed E-state index contributed by atoms with van der Waals surface area (Å²) in [6.45, 7) is 0.495. The molecule has 0 unspecified atom stereocenters. The van der Waals surface area contributed by atoms with Crippen LogP contribution in [0.2, 0.25) is 0 Å². The molecule has 1 saturated carbocycles. The highest BCUT2D eigenvalue weighted by atomic mass is 19.1. The lowest BCUT2D eigenvalue weighted by Crippen LogP contribution is -2.29. The number of benzene rings is 2. The molecule has 1 amide bonds. The van der Waals surface area contributed by atoms with E-state index in [9.17, 15) is 9.18 Å². The van der Waals surface area contributed by atoms with Gasteiger partial charge in [-0.2, -0.15) is 0 Å². The number of hydrogen-bond acceptors (Lipinski definition) is 5. The SMILES string of the molecule is O=C(CNc1cccc(-c2nnnn2C2CC2)c1)NCc1ccc(F)cc1. The first-order chi connectivity index (χ1) is 13.2. The third-order valence-corrected chi connectivity index (χ3v) is 4.36. The van der Waals surface area contributed by atoms with E-state index in [-0.39, 0.29) is 18.3 Å². The van der Waals surface area contributed by atoms with Gasteiger partial charge in [-0.3, -0.25) is 4.79 Å². The molecule has 0 aliphatic heterocycles. The first-order valence-corrected chi connectivity index (χ1v) is 8.82. The molecule has 0 spiro atoms. The number of hydrogen-bond donors (Lipinski definition) is 2. The van der Waals surface area contributed by atoms with E-state index in [0.29, 0.717) is 12.6 Å². The van der Waals surface area contributed by atoms with Crippen LogP contribution < -0.4 is 10.6 Å². The van der Waals surface area contributed by atoms with Crippen LogP contribution in [0.15, 0.2) is 48.5 Å². The predicted octanol–water partition coefficient (Wildman–Crippen LogP) is 2.54. The minimum Gasteiger partial charge on any atom is -0.376 e. The smallest absolute Gasteiger partial charge is 0.239 e. The number of nitrogens with zero attached hydrogens (tertiary/aromatic N) is 4. The number of tetrazole rings is 1. The minimum absolute atomic E-state index is 0.137. The van der Waals surface area contributed by atoms with Gasteiger partial charge in [-0.05, 0) is 53.1 Å². The Morgan fingerprint density at radius 1 is 1.19 bits per heavy atom. The molecule has 0 atom stereocenters. The average molecular weight is 366 g/mol. The molecule has 2 aromatic carbocycles. The summed E-state index contributed by atoms with van der Waals surface area (Å²) in [5, 5.41) is 17.9. The van der Waals surface area contributed by atoms with Crippen molar-refractivity contribution in [2.75, 3.05) is 11.9 Å². The number of carbonyl (C=O) groups excluding carboxylic acids is 1. The molecule has 27 heavy (non-hydrogen) atoms. The number of anilines is 1. The van der Waals surface area contributed by atoms with Gasteiger partial charge in [0.1, 0.15) is 5.82 Å². The summed E-state index contributed by atoms with van der Waals surface area (Å²) in [5.41, 5.74) is 2.57. The van der Waals surface area contributed by atoms with Gasteiger partial charge < -0.3 is 10.6 Å². The van der Waals surface area contributed by atoms with E-state index >= 15 is 0 Å². The van der Waals surface area contributed by atoms with Crippen LogP contribution in [0, 0.1) is 5.82 Å². The Kier molecular flexibility index (Phi) is 4.78. The average Bonchev–Trinajstić information content (AvgIpc) is 3.42. The third kappa shape index (κ3) is 4.28. The van der Waals surface area contributed by atoms with Crippen molar-refractivity contribution in [3.05, 3.63) is 59.9 Å². The van der Waals surface area contributed by atoms with Gasteiger partial charge in [0.05, 0.1) is 12.6 Å². The molecule has 0 bridgehead atoms. The quantitative estimate of drug-likeness (QED) is 0.671. The lowest BCUT2D eigenvalue weighted by molar-refractivity contribution is -0.119. The maximum atomic E-state index is 12.9. The van der Waals surface area contributed by atoms with Gasteiger partial charge in [-0.25, -0.2) is 9.07 Å². The number of aromatic nitrogens is 4. The second kappa shape index (κ2) is 7.53. The number of nitrogens with one attached hydrogen (secondary N) is 2. The Balaban J connectivity index is 1.33. The van der Waals surface area contributed by atoms with Gasteiger partial charge >= 0.3 is 0 Å². The predicted molar refractivity (Wildman–Crippen MR) is 98.3 cm³/mol. The van der Waals surface area contributed by atoms with Crippen LogP contribution in [0.25, 0.3) is 11.4 Å². The molecule has 1 aromatic heterocycles. The van der Waals surface area contributed by atoms with Gasteiger partial charge in [0.15, 0.2) is 5.82 Å². The molecule has 0 saturated heterocycles. The maximum Gasteiger partial charge on any atom is 0.239 e. The van der Waals surface area contributed by atoms with E-state index in [4.69, 9.17) is 0 Å². The molecule has 8 heteroatoms. The van der Waals surface area contributed by atoms with E-state index in [2.05, 4.69) is 26.2 Å². The zero-order valence-electron chi connectivity index (χ0n) is 14.6. The number of rotatable bonds is 7. The van der Waals surface area contributed by atoms with Crippen LogP contribution in [0.1, 0.15) is 24.4 Å². The minimum atomic E-state index is -0.292. The van der Waals surface area contributed by atoms with Crippen LogP contribution >= 0.6 is 0 Å². The lowest BCUT2D eigenvalue weighted by Gasteiger charge is -2.09. The van der Waals surface area contributed by atoms with Crippen LogP contribution in [0.5, 0.6) is 0 Å². The van der Waals surface area contributed by atoms with Gasteiger partial charge in [-0.15, -0.1) is 5.10 Å². The van der Waals surface area contributed by atoms with Gasteiger partial charge in [0, 0.05) is 17.8 Å². The Labute approximate surface area is 155 Å². The summed E-state index contributed by atoms with van der Waals surface area (Å²) in [4.78, 5) is 12.0. The Hall–Kier alpha value is -3.29. The van der Waals surface area contributed by atoms with Gasteiger partial charge in [0.2, 0.25) is 5.91 Å². The molecule has 7 nitrogen and oxygen atoms in total. The molecule has 1 aliphatic carbocycles. The monoisotopic (exact) mass is 366 g/mol. The zero-order chi connectivity index (χ0) is 18.6. The molecular weight excluding hydrogens is 347 g/mol. The summed E-state index contributed by atoms with van der Waals surface area (Å²) >= 11 is 0. The van der Waals surface area contributed by atoms with E-state index in [1.807, 2.05) is 28.9 Å². The lowest BCUT2D eigenvalue weighted by atomic mass is 10.2. The summed E-state index contributed by atoms with van der Waals surface area (Å²) in [5.74, 6) is 0.300.